The zero-order valence-corrected chi connectivity index (χ0v) is 16.4. The van der Waals surface area contributed by atoms with Crippen molar-refractivity contribution in [1.82, 2.24) is 10.2 Å². The lowest BCUT2D eigenvalue weighted by Gasteiger charge is -2.11. The Morgan fingerprint density at radius 1 is 0.857 bits per heavy atom. The molecule has 4 nitrogen and oxygen atoms in total. The Bertz CT molecular complexity index is 890. The smallest absolute Gasteiger partial charge is 0.251 e. The van der Waals surface area contributed by atoms with Gasteiger partial charge in [0.15, 0.2) is 0 Å². The molecule has 0 saturated heterocycles. The van der Waals surface area contributed by atoms with E-state index < -0.39 is 0 Å². The maximum absolute atomic E-state index is 12.5. The molecule has 0 radical (unpaired) electrons. The summed E-state index contributed by atoms with van der Waals surface area (Å²) < 4.78 is 5.81. The van der Waals surface area contributed by atoms with Gasteiger partial charge in [0.25, 0.3) is 5.91 Å². The monoisotopic (exact) mass is 374 g/mol. The number of rotatable bonds is 8. The van der Waals surface area contributed by atoms with Crippen molar-refractivity contribution in [2.75, 3.05) is 14.1 Å². The predicted octanol–water partition coefficient (Wildman–Crippen LogP) is 4.26. The van der Waals surface area contributed by atoms with Gasteiger partial charge in [0.1, 0.15) is 12.4 Å². The Balaban J connectivity index is 1.54. The number of carbonyl (C=O) groups excluding carboxylic acids is 1. The van der Waals surface area contributed by atoms with Gasteiger partial charge in [0.05, 0.1) is 0 Å². The number of hydrogen-bond acceptors (Lipinski definition) is 3. The average molecular weight is 374 g/mol. The zero-order chi connectivity index (χ0) is 19.8. The Morgan fingerprint density at radius 2 is 1.57 bits per heavy atom. The van der Waals surface area contributed by atoms with Crippen molar-refractivity contribution >= 4 is 5.91 Å². The Kier molecular flexibility index (Phi) is 6.82. The molecule has 0 atom stereocenters. The molecule has 3 aromatic rings. The van der Waals surface area contributed by atoms with Gasteiger partial charge >= 0.3 is 0 Å². The highest BCUT2D eigenvalue weighted by atomic mass is 16.5. The number of benzene rings is 3. The van der Waals surface area contributed by atoms with E-state index in [4.69, 9.17) is 4.74 Å². The van der Waals surface area contributed by atoms with E-state index in [0.717, 1.165) is 17.7 Å². The Labute approximate surface area is 166 Å². The van der Waals surface area contributed by atoms with Crippen LogP contribution in [0.1, 0.15) is 27.0 Å². The minimum atomic E-state index is -0.109. The summed E-state index contributed by atoms with van der Waals surface area (Å²) in [4.78, 5) is 14.6. The predicted molar refractivity (Wildman–Crippen MR) is 112 cm³/mol. The fourth-order valence-electron chi connectivity index (χ4n) is 2.88. The lowest BCUT2D eigenvalue weighted by Crippen LogP contribution is -2.22. The lowest BCUT2D eigenvalue weighted by atomic mass is 10.1. The first kappa shape index (κ1) is 19.6. The molecule has 0 aliphatic carbocycles. The van der Waals surface area contributed by atoms with Crippen molar-refractivity contribution in [3.8, 4) is 5.75 Å². The average Bonchev–Trinajstić information content (AvgIpc) is 2.72. The van der Waals surface area contributed by atoms with Crippen LogP contribution in [-0.4, -0.2) is 24.9 Å². The lowest BCUT2D eigenvalue weighted by molar-refractivity contribution is 0.0950. The van der Waals surface area contributed by atoms with Gasteiger partial charge in [-0.1, -0.05) is 60.7 Å². The van der Waals surface area contributed by atoms with Crippen LogP contribution >= 0.6 is 0 Å². The van der Waals surface area contributed by atoms with Gasteiger partial charge in [-0.3, -0.25) is 4.79 Å². The van der Waals surface area contributed by atoms with Gasteiger partial charge in [-0.15, -0.1) is 0 Å². The van der Waals surface area contributed by atoms with Crippen molar-refractivity contribution in [3.63, 3.8) is 0 Å². The topological polar surface area (TPSA) is 41.6 Å². The molecule has 0 aromatic heterocycles. The van der Waals surface area contributed by atoms with Crippen LogP contribution in [0.3, 0.4) is 0 Å². The molecule has 144 valence electrons. The van der Waals surface area contributed by atoms with Crippen molar-refractivity contribution in [2.45, 2.75) is 19.7 Å². The van der Waals surface area contributed by atoms with Crippen LogP contribution in [0.5, 0.6) is 5.75 Å². The van der Waals surface area contributed by atoms with Crippen LogP contribution in [0.25, 0.3) is 0 Å². The van der Waals surface area contributed by atoms with E-state index in [1.807, 2.05) is 56.6 Å². The Hall–Kier alpha value is -3.11. The molecule has 4 heteroatoms. The molecule has 28 heavy (non-hydrogen) atoms. The van der Waals surface area contributed by atoms with E-state index in [2.05, 4.69) is 34.5 Å². The summed E-state index contributed by atoms with van der Waals surface area (Å²) in [5.41, 5.74) is 4.01. The zero-order valence-electron chi connectivity index (χ0n) is 16.4. The summed E-state index contributed by atoms with van der Waals surface area (Å²) in [5, 5.41) is 2.97. The fourth-order valence-corrected chi connectivity index (χ4v) is 2.88. The molecule has 0 unspecified atom stereocenters. The van der Waals surface area contributed by atoms with Crippen molar-refractivity contribution < 1.29 is 9.53 Å². The van der Waals surface area contributed by atoms with Crippen molar-refractivity contribution in [1.29, 1.82) is 0 Å². The van der Waals surface area contributed by atoms with E-state index in [-0.39, 0.29) is 5.91 Å². The van der Waals surface area contributed by atoms with Crippen LogP contribution in [0.15, 0.2) is 78.9 Å². The third-order valence-corrected chi connectivity index (χ3v) is 4.32. The van der Waals surface area contributed by atoms with Crippen LogP contribution in [0.2, 0.25) is 0 Å². The van der Waals surface area contributed by atoms with Crippen LogP contribution in [0.4, 0.5) is 0 Å². The first-order chi connectivity index (χ1) is 13.6. The van der Waals surface area contributed by atoms with Crippen LogP contribution in [0, 0.1) is 0 Å². The molecule has 0 bridgehead atoms. The first-order valence-electron chi connectivity index (χ1n) is 9.38. The molecule has 3 rings (SSSR count). The largest absolute Gasteiger partial charge is 0.489 e. The van der Waals surface area contributed by atoms with E-state index in [9.17, 15) is 4.79 Å². The molecule has 0 aliphatic heterocycles. The molecule has 0 spiro atoms. The van der Waals surface area contributed by atoms with Crippen LogP contribution in [-0.2, 0) is 19.7 Å². The van der Waals surface area contributed by atoms with E-state index in [0.29, 0.717) is 24.5 Å². The van der Waals surface area contributed by atoms with E-state index in [1.165, 1.54) is 5.56 Å². The minimum Gasteiger partial charge on any atom is -0.489 e. The van der Waals surface area contributed by atoms with Gasteiger partial charge in [-0.2, -0.15) is 0 Å². The molecule has 3 aromatic carbocycles. The third-order valence-electron chi connectivity index (χ3n) is 4.32. The summed E-state index contributed by atoms with van der Waals surface area (Å²) in [5.74, 6) is 0.576. The number of amides is 1. The molecular formula is C24H26N2O2. The van der Waals surface area contributed by atoms with E-state index >= 15 is 0 Å². The number of ether oxygens (including phenoxy) is 1. The highest BCUT2D eigenvalue weighted by Gasteiger charge is 2.07. The second kappa shape index (κ2) is 9.72. The van der Waals surface area contributed by atoms with Crippen LogP contribution < -0.4 is 10.1 Å². The standard InChI is InChI=1S/C24H26N2O2/c1-26(2)17-20-13-11-19(12-14-20)16-25-24(27)22-9-6-10-23(15-22)28-18-21-7-4-3-5-8-21/h3-15H,16-18H2,1-2H3,(H,25,27). The van der Waals surface area contributed by atoms with Crippen molar-refractivity contribution in [2.24, 2.45) is 0 Å². The summed E-state index contributed by atoms with van der Waals surface area (Å²) in [7, 11) is 4.09. The fraction of sp³-hybridized carbons (Fsp3) is 0.208. The Morgan fingerprint density at radius 3 is 2.29 bits per heavy atom. The highest BCUT2D eigenvalue weighted by Crippen LogP contribution is 2.15. The second-order valence-corrected chi connectivity index (χ2v) is 7.04. The number of nitrogens with one attached hydrogen (secondary N) is 1. The van der Waals surface area contributed by atoms with Crippen molar-refractivity contribution in [3.05, 3.63) is 101 Å². The van der Waals surface area contributed by atoms with Gasteiger partial charge in [0, 0.05) is 18.7 Å². The quantitative estimate of drug-likeness (QED) is 0.641. The van der Waals surface area contributed by atoms with Gasteiger partial charge in [-0.05, 0) is 49.0 Å². The van der Waals surface area contributed by atoms with Gasteiger partial charge in [0.2, 0.25) is 0 Å². The summed E-state index contributed by atoms with van der Waals surface area (Å²) in [6, 6.07) is 25.5. The molecular weight excluding hydrogens is 348 g/mol. The number of nitrogens with zero attached hydrogens (tertiary/aromatic N) is 1. The minimum absolute atomic E-state index is 0.109. The maximum Gasteiger partial charge on any atom is 0.251 e. The molecule has 1 amide bonds. The molecule has 1 N–H and O–H groups in total. The molecule has 0 fully saturated rings. The normalized spacial score (nSPS) is 10.7. The summed E-state index contributed by atoms with van der Waals surface area (Å²) in [6.07, 6.45) is 0. The SMILES string of the molecule is CN(C)Cc1ccc(CNC(=O)c2cccc(OCc3ccccc3)c2)cc1. The maximum atomic E-state index is 12.5. The third kappa shape index (κ3) is 5.96. The molecule has 0 aliphatic rings. The highest BCUT2D eigenvalue weighted by molar-refractivity contribution is 5.94. The van der Waals surface area contributed by atoms with Gasteiger partial charge in [-0.25, -0.2) is 0 Å². The molecule has 0 heterocycles. The number of hydrogen-bond donors (Lipinski definition) is 1. The first-order valence-corrected chi connectivity index (χ1v) is 9.38. The molecule has 0 saturated carbocycles. The van der Waals surface area contributed by atoms with Gasteiger partial charge < -0.3 is 15.0 Å². The summed E-state index contributed by atoms with van der Waals surface area (Å²) >= 11 is 0. The number of carbonyl (C=O) groups is 1. The summed E-state index contributed by atoms with van der Waals surface area (Å²) in [6.45, 7) is 1.88. The van der Waals surface area contributed by atoms with E-state index in [1.54, 1.807) is 12.1 Å². The second-order valence-electron chi connectivity index (χ2n) is 7.04.